The molecular weight excluding hydrogens is 346 g/mol. The summed E-state index contributed by atoms with van der Waals surface area (Å²) in [5, 5.41) is 0. The van der Waals surface area contributed by atoms with Gasteiger partial charge in [0.1, 0.15) is 11.6 Å². The Labute approximate surface area is 162 Å². The quantitative estimate of drug-likeness (QED) is 0.586. The molecule has 0 spiro atoms. The van der Waals surface area contributed by atoms with Gasteiger partial charge in [-0.15, -0.1) is 12.4 Å². The van der Waals surface area contributed by atoms with Crippen LogP contribution in [0.15, 0.2) is 48.5 Å². The number of halogens is 1. The van der Waals surface area contributed by atoms with Crippen LogP contribution in [0.5, 0.6) is 5.75 Å². The lowest BCUT2D eigenvalue weighted by Gasteiger charge is -2.19. The largest absolute Gasteiger partial charge is 0.497 e. The average molecular weight is 374 g/mol. The third kappa shape index (κ3) is 4.57. The Kier molecular flexibility index (Phi) is 7.49. The highest BCUT2D eigenvalue weighted by molar-refractivity contribution is 5.85. The number of aromatic nitrogens is 2. The number of para-hydroxylation sites is 2. The summed E-state index contributed by atoms with van der Waals surface area (Å²) in [4.78, 5) is 7.34. The fourth-order valence-electron chi connectivity index (χ4n) is 3.22. The Morgan fingerprint density at radius 2 is 1.69 bits per heavy atom. The number of imidazole rings is 1. The molecule has 0 N–H and O–H groups in total. The van der Waals surface area contributed by atoms with Crippen molar-refractivity contribution in [3.63, 3.8) is 0 Å². The molecule has 0 unspecified atom stereocenters. The van der Waals surface area contributed by atoms with E-state index < -0.39 is 0 Å². The summed E-state index contributed by atoms with van der Waals surface area (Å²) in [6.45, 7) is 8.60. The Morgan fingerprint density at radius 3 is 2.35 bits per heavy atom. The van der Waals surface area contributed by atoms with E-state index in [1.54, 1.807) is 7.11 Å². The number of methoxy groups -OCH3 is 1. The predicted octanol–water partition coefficient (Wildman–Crippen LogP) is 4.40. The normalized spacial score (nSPS) is 10.9. The van der Waals surface area contributed by atoms with Crippen LogP contribution in [0.4, 0.5) is 0 Å². The molecule has 4 nitrogen and oxygen atoms in total. The lowest BCUT2D eigenvalue weighted by Crippen LogP contribution is -2.27. The Morgan fingerprint density at radius 1 is 1.00 bits per heavy atom. The van der Waals surface area contributed by atoms with Gasteiger partial charge in [-0.25, -0.2) is 4.98 Å². The SMILES string of the molecule is CCN(CC)CCn1c(Cc2ccc(OC)cc2)nc2ccccc21.Cl. The molecule has 0 aliphatic carbocycles. The first kappa shape index (κ1) is 20.3. The van der Waals surface area contributed by atoms with Crippen LogP contribution >= 0.6 is 12.4 Å². The summed E-state index contributed by atoms with van der Waals surface area (Å²) in [7, 11) is 1.70. The van der Waals surface area contributed by atoms with E-state index >= 15 is 0 Å². The molecule has 3 aromatic rings. The van der Waals surface area contributed by atoms with E-state index in [0.29, 0.717) is 0 Å². The Bertz CT molecular complexity index is 810. The van der Waals surface area contributed by atoms with E-state index in [-0.39, 0.29) is 12.4 Å². The summed E-state index contributed by atoms with van der Waals surface area (Å²) in [5.41, 5.74) is 3.55. The van der Waals surface area contributed by atoms with Crippen LogP contribution in [-0.2, 0) is 13.0 Å². The molecule has 0 aliphatic rings. The number of rotatable bonds is 8. The zero-order valence-corrected chi connectivity index (χ0v) is 16.6. The maximum absolute atomic E-state index is 5.25. The van der Waals surface area contributed by atoms with Gasteiger partial charge in [0.25, 0.3) is 0 Å². The van der Waals surface area contributed by atoms with Crippen LogP contribution in [0.25, 0.3) is 11.0 Å². The van der Waals surface area contributed by atoms with E-state index in [9.17, 15) is 0 Å². The molecule has 5 heteroatoms. The molecular formula is C21H28ClN3O. The molecule has 140 valence electrons. The van der Waals surface area contributed by atoms with Gasteiger partial charge in [0.2, 0.25) is 0 Å². The van der Waals surface area contributed by atoms with Gasteiger partial charge in [-0.05, 0) is 42.9 Å². The van der Waals surface area contributed by atoms with E-state index in [2.05, 4.69) is 59.7 Å². The highest BCUT2D eigenvalue weighted by Crippen LogP contribution is 2.20. The Balaban J connectivity index is 0.00000243. The highest BCUT2D eigenvalue weighted by Gasteiger charge is 2.12. The maximum atomic E-state index is 5.25. The second-order valence-electron chi connectivity index (χ2n) is 6.22. The summed E-state index contributed by atoms with van der Waals surface area (Å²) >= 11 is 0. The Hall–Kier alpha value is -2.04. The summed E-state index contributed by atoms with van der Waals surface area (Å²) in [5.74, 6) is 2.01. The number of fused-ring (bicyclic) bond motifs is 1. The molecule has 26 heavy (non-hydrogen) atoms. The third-order valence-corrected chi connectivity index (χ3v) is 4.79. The zero-order valence-electron chi connectivity index (χ0n) is 15.8. The molecule has 0 saturated heterocycles. The molecule has 1 aromatic heterocycles. The minimum absolute atomic E-state index is 0. The van der Waals surface area contributed by atoms with E-state index in [1.807, 2.05) is 12.1 Å². The fourth-order valence-corrected chi connectivity index (χ4v) is 3.22. The van der Waals surface area contributed by atoms with Crippen molar-refractivity contribution in [1.82, 2.24) is 14.5 Å². The minimum Gasteiger partial charge on any atom is -0.497 e. The number of hydrogen-bond donors (Lipinski definition) is 0. The van der Waals surface area contributed by atoms with E-state index in [0.717, 1.165) is 49.7 Å². The maximum Gasteiger partial charge on any atom is 0.118 e. The second-order valence-corrected chi connectivity index (χ2v) is 6.22. The van der Waals surface area contributed by atoms with Gasteiger partial charge in [0, 0.05) is 19.5 Å². The summed E-state index contributed by atoms with van der Waals surface area (Å²) in [6.07, 6.45) is 0.830. The number of likely N-dealkylation sites (N-methyl/N-ethyl adjacent to an activating group) is 1. The molecule has 0 radical (unpaired) electrons. The highest BCUT2D eigenvalue weighted by atomic mass is 35.5. The molecule has 0 bridgehead atoms. The molecule has 1 heterocycles. The first-order chi connectivity index (χ1) is 12.2. The molecule has 0 saturated carbocycles. The van der Waals surface area contributed by atoms with Crippen molar-refractivity contribution < 1.29 is 4.74 Å². The molecule has 0 aliphatic heterocycles. The molecule has 0 atom stereocenters. The number of hydrogen-bond acceptors (Lipinski definition) is 3. The summed E-state index contributed by atoms with van der Waals surface area (Å²) < 4.78 is 7.63. The number of benzene rings is 2. The standard InChI is InChI=1S/C21H27N3O.ClH/c1-4-23(5-2)14-15-24-20-9-7-6-8-19(20)22-21(24)16-17-10-12-18(25-3)13-11-17;/h6-13H,4-5,14-16H2,1-3H3;1H. The van der Waals surface area contributed by atoms with Crippen molar-refractivity contribution in [2.75, 3.05) is 26.7 Å². The van der Waals surface area contributed by atoms with Crippen LogP contribution in [-0.4, -0.2) is 41.2 Å². The van der Waals surface area contributed by atoms with Gasteiger partial charge < -0.3 is 14.2 Å². The minimum atomic E-state index is 0. The molecule has 0 amide bonds. The van der Waals surface area contributed by atoms with Crippen LogP contribution < -0.4 is 4.74 Å². The van der Waals surface area contributed by atoms with Crippen molar-refractivity contribution in [3.05, 3.63) is 59.9 Å². The second kappa shape index (κ2) is 9.60. The van der Waals surface area contributed by atoms with E-state index in [4.69, 9.17) is 9.72 Å². The van der Waals surface area contributed by atoms with E-state index in [1.165, 1.54) is 11.1 Å². The van der Waals surface area contributed by atoms with Gasteiger partial charge >= 0.3 is 0 Å². The molecule has 2 aromatic carbocycles. The van der Waals surface area contributed by atoms with Gasteiger partial charge in [-0.2, -0.15) is 0 Å². The topological polar surface area (TPSA) is 30.3 Å². The van der Waals surface area contributed by atoms with Gasteiger partial charge in [0.05, 0.1) is 18.1 Å². The van der Waals surface area contributed by atoms with Crippen molar-refractivity contribution >= 4 is 23.4 Å². The molecule has 0 fully saturated rings. The van der Waals surface area contributed by atoms with Crippen molar-refractivity contribution in [3.8, 4) is 5.75 Å². The van der Waals surface area contributed by atoms with Crippen molar-refractivity contribution in [1.29, 1.82) is 0 Å². The van der Waals surface area contributed by atoms with Gasteiger partial charge in [0.15, 0.2) is 0 Å². The summed E-state index contributed by atoms with van der Waals surface area (Å²) in [6, 6.07) is 16.7. The van der Waals surface area contributed by atoms with Crippen molar-refractivity contribution in [2.45, 2.75) is 26.8 Å². The number of ether oxygens (including phenoxy) is 1. The fraction of sp³-hybridized carbons (Fsp3) is 0.381. The smallest absolute Gasteiger partial charge is 0.118 e. The van der Waals surface area contributed by atoms with Crippen LogP contribution in [0.2, 0.25) is 0 Å². The first-order valence-corrected chi connectivity index (χ1v) is 9.04. The van der Waals surface area contributed by atoms with Crippen molar-refractivity contribution in [2.24, 2.45) is 0 Å². The molecule has 3 rings (SSSR count). The monoisotopic (exact) mass is 373 g/mol. The predicted molar refractivity (Wildman–Crippen MR) is 111 cm³/mol. The van der Waals surface area contributed by atoms with Crippen LogP contribution in [0, 0.1) is 0 Å². The third-order valence-electron chi connectivity index (χ3n) is 4.79. The first-order valence-electron chi connectivity index (χ1n) is 9.04. The lowest BCUT2D eigenvalue weighted by atomic mass is 10.1. The zero-order chi connectivity index (χ0) is 17.6. The lowest BCUT2D eigenvalue weighted by molar-refractivity contribution is 0.291. The van der Waals surface area contributed by atoms with Gasteiger partial charge in [-0.1, -0.05) is 38.1 Å². The van der Waals surface area contributed by atoms with Crippen LogP contribution in [0.1, 0.15) is 25.2 Å². The average Bonchev–Trinajstić information content (AvgIpc) is 3.00. The van der Waals surface area contributed by atoms with Gasteiger partial charge in [-0.3, -0.25) is 0 Å². The van der Waals surface area contributed by atoms with Crippen LogP contribution in [0.3, 0.4) is 0 Å². The number of nitrogens with zero attached hydrogens (tertiary/aromatic N) is 3.